The molecule has 0 aliphatic heterocycles. The Kier molecular flexibility index (Phi) is 6.25. The number of nitrogens with zero attached hydrogens (tertiary/aromatic N) is 3. The van der Waals surface area contributed by atoms with E-state index in [9.17, 15) is 0 Å². The van der Waals surface area contributed by atoms with Crippen LogP contribution in [0.4, 0.5) is 0 Å². The molecule has 0 saturated carbocycles. The summed E-state index contributed by atoms with van der Waals surface area (Å²) in [7, 11) is 1.65. The van der Waals surface area contributed by atoms with E-state index in [1.807, 2.05) is 47.0 Å². The standard InChI is InChI=1S/C19H17Cl2N3OS/c1-3-10-24-18(14-5-7-15(25-2)8-6-14)22-23-19(24)26-12-13-4-9-16(20)17(21)11-13/h3-9,11H,1,10,12H2,2H3. The third-order valence-corrected chi connectivity index (χ3v) is 5.51. The van der Waals surface area contributed by atoms with Crippen LogP contribution in [0.15, 0.2) is 60.3 Å². The van der Waals surface area contributed by atoms with Crippen LogP contribution in [0.2, 0.25) is 10.0 Å². The third-order valence-electron chi connectivity index (χ3n) is 3.73. The smallest absolute Gasteiger partial charge is 0.192 e. The van der Waals surface area contributed by atoms with Crippen LogP contribution in [0, 0.1) is 0 Å². The Balaban J connectivity index is 1.83. The first-order valence-electron chi connectivity index (χ1n) is 7.87. The van der Waals surface area contributed by atoms with Gasteiger partial charge in [-0.1, -0.05) is 47.1 Å². The summed E-state index contributed by atoms with van der Waals surface area (Å²) >= 11 is 13.7. The zero-order chi connectivity index (χ0) is 18.5. The van der Waals surface area contributed by atoms with Crippen molar-refractivity contribution in [2.45, 2.75) is 17.5 Å². The van der Waals surface area contributed by atoms with Gasteiger partial charge in [-0.15, -0.1) is 16.8 Å². The summed E-state index contributed by atoms with van der Waals surface area (Å²) < 4.78 is 7.25. The van der Waals surface area contributed by atoms with E-state index < -0.39 is 0 Å². The lowest BCUT2D eigenvalue weighted by molar-refractivity contribution is 0.415. The maximum Gasteiger partial charge on any atom is 0.192 e. The molecule has 7 heteroatoms. The van der Waals surface area contributed by atoms with Gasteiger partial charge in [0.1, 0.15) is 5.75 Å². The van der Waals surface area contributed by atoms with Crippen LogP contribution in [0.1, 0.15) is 5.56 Å². The summed E-state index contributed by atoms with van der Waals surface area (Å²) in [6.45, 7) is 4.46. The maximum absolute atomic E-state index is 6.09. The highest BCUT2D eigenvalue weighted by Gasteiger charge is 2.14. The van der Waals surface area contributed by atoms with Gasteiger partial charge in [-0.2, -0.15) is 0 Å². The molecular formula is C19H17Cl2N3OS. The van der Waals surface area contributed by atoms with E-state index in [-0.39, 0.29) is 0 Å². The molecule has 0 fully saturated rings. The van der Waals surface area contributed by atoms with Crippen molar-refractivity contribution in [2.24, 2.45) is 0 Å². The number of ether oxygens (including phenoxy) is 1. The molecule has 0 spiro atoms. The Morgan fingerprint density at radius 2 is 1.88 bits per heavy atom. The predicted molar refractivity (Wildman–Crippen MR) is 108 cm³/mol. The van der Waals surface area contributed by atoms with Crippen molar-refractivity contribution in [2.75, 3.05) is 7.11 Å². The molecule has 1 aromatic heterocycles. The van der Waals surface area contributed by atoms with Gasteiger partial charge in [-0.05, 0) is 42.0 Å². The van der Waals surface area contributed by atoms with Crippen molar-refractivity contribution < 1.29 is 4.74 Å². The number of hydrogen-bond acceptors (Lipinski definition) is 4. The minimum Gasteiger partial charge on any atom is -0.497 e. The summed E-state index contributed by atoms with van der Waals surface area (Å²) in [5.74, 6) is 2.32. The van der Waals surface area contributed by atoms with Crippen LogP contribution < -0.4 is 4.74 Å². The van der Waals surface area contributed by atoms with Gasteiger partial charge in [0.05, 0.1) is 17.2 Å². The Bertz CT molecular complexity index is 910. The molecule has 0 amide bonds. The molecule has 1 heterocycles. The molecule has 0 aliphatic carbocycles. The number of benzene rings is 2. The van der Waals surface area contributed by atoms with Crippen molar-refractivity contribution >= 4 is 35.0 Å². The molecule has 4 nitrogen and oxygen atoms in total. The van der Waals surface area contributed by atoms with Crippen molar-refractivity contribution in [3.63, 3.8) is 0 Å². The van der Waals surface area contributed by atoms with Crippen LogP contribution in [-0.4, -0.2) is 21.9 Å². The lowest BCUT2D eigenvalue weighted by Gasteiger charge is -2.08. The van der Waals surface area contributed by atoms with E-state index >= 15 is 0 Å². The monoisotopic (exact) mass is 405 g/mol. The zero-order valence-corrected chi connectivity index (χ0v) is 16.5. The number of rotatable bonds is 7. The van der Waals surface area contributed by atoms with E-state index in [0.29, 0.717) is 16.6 Å². The normalized spacial score (nSPS) is 10.7. The highest BCUT2D eigenvalue weighted by Crippen LogP contribution is 2.29. The fourth-order valence-electron chi connectivity index (χ4n) is 2.42. The fraction of sp³-hybridized carbons (Fsp3) is 0.158. The van der Waals surface area contributed by atoms with Crippen LogP contribution >= 0.6 is 35.0 Å². The van der Waals surface area contributed by atoms with E-state index in [4.69, 9.17) is 27.9 Å². The van der Waals surface area contributed by atoms with Gasteiger partial charge < -0.3 is 4.74 Å². The Labute approximate surface area is 166 Å². The van der Waals surface area contributed by atoms with Crippen LogP contribution in [0.5, 0.6) is 5.75 Å². The van der Waals surface area contributed by atoms with Gasteiger partial charge >= 0.3 is 0 Å². The molecule has 0 unspecified atom stereocenters. The van der Waals surface area contributed by atoms with Gasteiger partial charge in [-0.3, -0.25) is 4.57 Å². The highest BCUT2D eigenvalue weighted by molar-refractivity contribution is 7.98. The van der Waals surface area contributed by atoms with E-state index in [2.05, 4.69) is 16.8 Å². The molecule has 2 aromatic carbocycles. The first-order chi connectivity index (χ1) is 12.6. The zero-order valence-electron chi connectivity index (χ0n) is 14.2. The number of thioether (sulfide) groups is 1. The molecule has 0 bridgehead atoms. The average Bonchev–Trinajstić information content (AvgIpc) is 3.06. The molecule has 134 valence electrons. The van der Waals surface area contributed by atoms with Crippen LogP contribution in [0.25, 0.3) is 11.4 Å². The lowest BCUT2D eigenvalue weighted by Crippen LogP contribution is -2.00. The van der Waals surface area contributed by atoms with Crippen molar-refractivity contribution in [3.05, 3.63) is 70.7 Å². The Morgan fingerprint density at radius 3 is 2.54 bits per heavy atom. The molecule has 0 radical (unpaired) electrons. The van der Waals surface area contributed by atoms with Crippen molar-refractivity contribution in [1.29, 1.82) is 0 Å². The molecule has 3 rings (SSSR count). The first kappa shape index (κ1) is 18.8. The second-order valence-corrected chi connectivity index (χ2v) is 7.23. The van der Waals surface area contributed by atoms with Crippen LogP contribution in [0.3, 0.4) is 0 Å². The molecule has 0 saturated heterocycles. The molecular weight excluding hydrogens is 389 g/mol. The second kappa shape index (κ2) is 8.62. The second-order valence-electron chi connectivity index (χ2n) is 5.47. The summed E-state index contributed by atoms with van der Waals surface area (Å²) in [6, 6.07) is 13.4. The number of hydrogen-bond donors (Lipinski definition) is 0. The van der Waals surface area contributed by atoms with Crippen molar-refractivity contribution in [3.8, 4) is 17.1 Å². The van der Waals surface area contributed by atoms with Gasteiger partial charge in [0.2, 0.25) is 0 Å². The number of allylic oxidation sites excluding steroid dienone is 1. The Hall–Kier alpha value is -1.95. The fourth-order valence-corrected chi connectivity index (χ4v) is 3.63. The third kappa shape index (κ3) is 4.23. The predicted octanol–water partition coefficient (Wildman–Crippen LogP) is 5.74. The van der Waals surface area contributed by atoms with E-state index in [1.54, 1.807) is 24.9 Å². The molecule has 26 heavy (non-hydrogen) atoms. The van der Waals surface area contributed by atoms with Crippen molar-refractivity contribution in [1.82, 2.24) is 14.8 Å². The molecule has 0 atom stereocenters. The summed E-state index contributed by atoms with van der Waals surface area (Å²) in [5.41, 5.74) is 2.05. The number of aromatic nitrogens is 3. The van der Waals surface area contributed by atoms with Crippen LogP contribution in [-0.2, 0) is 12.3 Å². The van der Waals surface area contributed by atoms with Gasteiger partial charge in [0, 0.05) is 17.9 Å². The Morgan fingerprint density at radius 1 is 1.12 bits per heavy atom. The largest absolute Gasteiger partial charge is 0.497 e. The quantitative estimate of drug-likeness (QED) is 0.371. The first-order valence-corrected chi connectivity index (χ1v) is 9.61. The topological polar surface area (TPSA) is 39.9 Å². The summed E-state index contributed by atoms with van der Waals surface area (Å²) in [4.78, 5) is 0. The minimum atomic E-state index is 0.552. The molecule has 0 N–H and O–H groups in total. The summed E-state index contributed by atoms with van der Waals surface area (Å²) in [6.07, 6.45) is 1.83. The molecule has 3 aromatic rings. The summed E-state index contributed by atoms with van der Waals surface area (Å²) in [5, 5.41) is 10.6. The average molecular weight is 406 g/mol. The van der Waals surface area contributed by atoms with Gasteiger partial charge in [-0.25, -0.2) is 0 Å². The lowest BCUT2D eigenvalue weighted by atomic mass is 10.2. The minimum absolute atomic E-state index is 0.552. The van der Waals surface area contributed by atoms with Gasteiger partial charge in [0.15, 0.2) is 11.0 Å². The number of halogens is 2. The van der Waals surface area contributed by atoms with E-state index in [1.165, 1.54) is 0 Å². The van der Waals surface area contributed by atoms with Gasteiger partial charge in [0.25, 0.3) is 0 Å². The van der Waals surface area contributed by atoms with E-state index in [0.717, 1.165) is 33.6 Å². The maximum atomic E-state index is 6.09. The molecule has 0 aliphatic rings. The number of methoxy groups -OCH3 is 1. The highest BCUT2D eigenvalue weighted by atomic mass is 35.5. The SMILES string of the molecule is C=CCn1c(SCc2ccc(Cl)c(Cl)c2)nnc1-c1ccc(OC)cc1.